The predicted octanol–water partition coefficient (Wildman–Crippen LogP) is 4.23. The molecule has 0 saturated carbocycles. The van der Waals surface area contributed by atoms with Crippen LogP contribution in [-0.4, -0.2) is 30.6 Å². The van der Waals surface area contributed by atoms with Gasteiger partial charge in [-0.1, -0.05) is 11.6 Å². The van der Waals surface area contributed by atoms with Gasteiger partial charge < -0.3 is 9.84 Å². The van der Waals surface area contributed by atoms with Gasteiger partial charge >= 0.3 is 0 Å². The Labute approximate surface area is 163 Å². The van der Waals surface area contributed by atoms with Gasteiger partial charge in [-0.3, -0.25) is 4.79 Å². The first kappa shape index (κ1) is 19.6. The Morgan fingerprint density at radius 3 is 2.88 bits per heavy atom. The second kappa shape index (κ2) is 9.12. The molecule has 0 heterocycles. The van der Waals surface area contributed by atoms with Crippen LogP contribution < -0.4 is 10.2 Å². The standard InChI is InChI=1S/C17H16BrClN2O3S/c1-24-13-5-3-10(16(18)17(13)23)9-20-21-15(22)8-11-7-12(19)4-6-14(11)25-2/h3-7,9,23H,8H2,1-2H3,(H,21,22)/b20-9-. The number of halogens is 2. The van der Waals surface area contributed by atoms with E-state index in [9.17, 15) is 9.90 Å². The number of methoxy groups -OCH3 is 1. The van der Waals surface area contributed by atoms with Gasteiger partial charge in [-0.05, 0) is 58.1 Å². The molecule has 0 atom stereocenters. The number of hydrogen-bond donors (Lipinski definition) is 2. The van der Waals surface area contributed by atoms with Crippen LogP contribution in [0.15, 0.2) is 44.8 Å². The third-order valence-corrected chi connectivity index (χ3v) is 5.22. The maximum atomic E-state index is 12.1. The van der Waals surface area contributed by atoms with E-state index in [-0.39, 0.29) is 18.1 Å². The SMILES string of the molecule is COc1ccc(/C=N\NC(=O)Cc2cc(Cl)ccc2SC)c(Br)c1O. The van der Waals surface area contributed by atoms with Crippen LogP contribution in [0.4, 0.5) is 0 Å². The lowest BCUT2D eigenvalue weighted by Gasteiger charge is -2.08. The summed E-state index contributed by atoms with van der Waals surface area (Å²) in [5, 5.41) is 14.4. The summed E-state index contributed by atoms with van der Waals surface area (Å²) in [6.07, 6.45) is 3.55. The average Bonchev–Trinajstić information content (AvgIpc) is 2.59. The molecule has 0 radical (unpaired) electrons. The number of phenols is 1. The molecular weight excluding hydrogens is 428 g/mol. The minimum atomic E-state index is -0.261. The van der Waals surface area contributed by atoms with Crippen molar-refractivity contribution < 1.29 is 14.6 Å². The number of carbonyl (C=O) groups excluding carboxylic acids is 1. The Balaban J connectivity index is 2.04. The van der Waals surface area contributed by atoms with Gasteiger partial charge in [0.2, 0.25) is 5.91 Å². The molecule has 0 aliphatic carbocycles. The van der Waals surface area contributed by atoms with Crippen LogP contribution in [-0.2, 0) is 11.2 Å². The number of nitrogens with one attached hydrogen (secondary N) is 1. The smallest absolute Gasteiger partial charge is 0.244 e. The minimum Gasteiger partial charge on any atom is -0.503 e. The van der Waals surface area contributed by atoms with E-state index in [4.69, 9.17) is 16.3 Å². The highest BCUT2D eigenvalue weighted by Crippen LogP contribution is 2.35. The van der Waals surface area contributed by atoms with Crippen LogP contribution in [0.5, 0.6) is 11.5 Å². The molecule has 0 aliphatic heterocycles. The van der Waals surface area contributed by atoms with Crippen molar-refractivity contribution in [1.82, 2.24) is 5.43 Å². The molecule has 132 valence electrons. The summed E-state index contributed by atoms with van der Waals surface area (Å²) in [4.78, 5) is 13.1. The highest BCUT2D eigenvalue weighted by atomic mass is 79.9. The number of benzene rings is 2. The number of phenolic OH excluding ortho intramolecular Hbond substituents is 1. The second-order valence-electron chi connectivity index (χ2n) is 4.95. The summed E-state index contributed by atoms with van der Waals surface area (Å²) in [6, 6.07) is 8.77. The summed E-state index contributed by atoms with van der Waals surface area (Å²) in [6.45, 7) is 0. The Bertz CT molecular complexity index is 815. The van der Waals surface area contributed by atoms with Gasteiger partial charge in [0.25, 0.3) is 0 Å². The van der Waals surface area contributed by atoms with Gasteiger partial charge in [0.15, 0.2) is 11.5 Å². The Morgan fingerprint density at radius 1 is 1.44 bits per heavy atom. The summed E-state index contributed by atoms with van der Waals surface area (Å²) >= 11 is 10.8. The molecule has 25 heavy (non-hydrogen) atoms. The molecule has 0 aliphatic rings. The lowest BCUT2D eigenvalue weighted by molar-refractivity contribution is -0.120. The largest absolute Gasteiger partial charge is 0.503 e. The van der Waals surface area contributed by atoms with Crippen LogP contribution >= 0.6 is 39.3 Å². The number of rotatable bonds is 6. The normalized spacial score (nSPS) is 10.9. The van der Waals surface area contributed by atoms with E-state index in [2.05, 4.69) is 26.5 Å². The minimum absolute atomic E-state index is 0.0266. The molecule has 0 spiro atoms. The zero-order valence-corrected chi connectivity index (χ0v) is 16.7. The van der Waals surface area contributed by atoms with Gasteiger partial charge in [-0.2, -0.15) is 5.10 Å². The van der Waals surface area contributed by atoms with Crippen LogP contribution in [0.2, 0.25) is 5.02 Å². The lowest BCUT2D eigenvalue weighted by atomic mass is 10.1. The molecule has 2 aromatic carbocycles. The third kappa shape index (κ3) is 5.14. The monoisotopic (exact) mass is 442 g/mol. The van der Waals surface area contributed by atoms with E-state index >= 15 is 0 Å². The summed E-state index contributed by atoms with van der Waals surface area (Å²) in [7, 11) is 1.47. The van der Waals surface area contributed by atoms with Crippen LogP contribution in [0.25, 0.3) is 0 Å². The van der Waals surface area contributed by atoms with Crippen molar-refractivity contribution >= 4 is 51.4 Å². The number of ether oxygens (including phenoxy) is 1. The van der Waals surface area contributed by atoms with Gasteiger partial charge in [0, 0.05) is 15.5 Å². The van der Waals surface area contributed by atoms with E-state index in [1.54, 1.807) is 36.0 Å². The Morgan fingerprint density at radius 2 is 2.20 bits per heavy atom. The van der Waals surface area contributed by atoms with Crippen molar-refractivity contribution in [2.24, 2.45) is 5.10 Å². The van der Waals surface area contributed by atoms with Crippen LogP contribution in [0, 0.1) is 0 Å². The summed E-state index contributed by atoms with van der Waals surface area (Å²) in [5.74, 6) is 0.0580. The van der Waals surface area contributed by atoms with Crippen molar-refractivity contribution in [2.45, 2.75) is 11.3 Å². The van der Waals surface area contributed by atoms with E-state index in [0.29, 0.717) is 20.8 Å². The van der Waals surface area contributed by atoms with Crippen molar-refractivity contribution in [2.75, 3.05) is 13.4 Å². The van der Waals surface area contributed by atoms with Gasteiger partial charge in [-0.25, -0.2) is 5.43 Å². The third-order valence-electron chi connectivity index (χ3n) is 3.32. The summed E-state index contributed by atoms with van der Waals surface area (Å²) < 4.78 is 5.45. The molecule has 0 aromatic heterocycles. The average molecular weight is 444 g/mol. The second-order valence-corrected chi connectivity index (χ2v) is 7.02. The van der Waals surface area contributed by atoms with Crippen LogP contribution in [0.3, 0.4) is 0 Å². The van der Waals surface area contributed by atoms with E-state index in [0.717, 1.165) is 10.5 Å². The molecule has 0 bridgehead atoms. The number of hydrogen-bond acceptors (Lipinski definition) is 5. The molecule has 2 rings (SSSR count). The maximum Gasteiger partial charge on any atom is 0.244 e. The predicted molar refractivity (Wildman–Crippen MR) is 105 cm³/mol. The van der Waals surface area contributed by atoms with E-state index < -0.39 is 0 Å². The Kier molecular flexibility index (Phi) is 7.16. The van der Waals surface area contributed by atoms with E-state index in [1.165, 1.54) is 13.3 Å². The number of thioether (sulfide) groups is 1. The van der Waals surface area contributed by atoms with Gasteiger partial charge in [0.05, 0.1) is 24.2 Å². The summed E-state index contributed by atoms with van der Waals surface area (Å²) in [5.41, 5.74) is 3.92. The first-order chi connectivity index (χ1) is 12.0. The van der Waals surface area contributed by atoms with Gasteiger partial charge in [-0.15, -0.1) is 11.8 Å². The molecule has 5 nitrogen and oxygen atoms in total. The lowest BCUT2D eigenvalue weighted by Crippen LogP contribution is -2.20. The molecule has 1 amide bonds. The zero-order valence-electron chi connectivity index (χ0n) is 13.5. The van der Waals surface area contributed by atoms with Crippen LogP contribution in [0.1, 0.15) is 11.1 Å². The topological polar surface area (TPSA) is 70.9 Å². The van der Waals surface area contributed by atoms with Crippen molar-refractivity contribution in [1.29, 1.82) is 0 Å². The zero-order chi connectivity index (χ0) is 18.4. The molecule has 2 aromatic rings. The fourth-order valence-electron chi connectivity index (χ4n) is 2.10. The number of aromatic hydroxyl groups is 1. The maximum absolute atomic E-state index is 12.1. The molecule has 2 N–H and O–H groups in total. The fourth-order valence-corrected chi connectivity index (χ4v) is 3.32. The molecule has 0 unspecified atom stereocenters. The number of nitrogens with zero attached hydrogens (tertiary/aromatic N) is 1. The number of amides is 1. The number of carbonyl (C=O) groups is 1. The Hall–Kier alpha value is -1.70. The quantitative estimate of drug-likeness (QED) is 0.398. The highest BCUT2D eigenvalue weighted by molar-refractivity contribution is 9.10. The molecule has 0 fully saturated rings. The van der Waals surface area contributed by atoms with E-state index in [1.807, 2.05) is 12.3 Å². The first-order valence-corrected chi connectivity index (χ1v) is 9.55. The molecule has 8 heteroatoms. The first-order valence-electron chi connectivity index (χ1n) is 7.16. The highest BCUT2D eigenvalue weighted by Gasteiger charge is 2.10. The van der Waals surface area contributed by atoms with Crippen molar-refractivity contribution in [3.63, 3.8) is 0 Å². The van der Waals surface area contributed by atoms with Crippen molar-refractivity contribution in [3.8, 4) is 11.5 Å². The van der Waals surface area contributed by atoms with Crippen molar-refractivity contribution in [3.05, 3.63) is 51.0 Å². The molecule has 0 saturated heterocycles. The fraction of sp³-hybridized carbons (Fsp3) is 0.176. The molecular formula is C17H16BrClN2O3S. The van der Waals surface area contributed by atoms with Gasteiger partial charge in [0.1, 0.15) is 0 Å². The number of hydrazone groups is 1.